The number of hydrogen-bond acceptors (Lipinski definition) is 4. The molecule has 4 rings (SSSR count). The van der Waals surface area contributed by atoms with Gasteiger partial charge in [-0.2, -0.15) is 0 Å². The summed E-state index contributed by atoms with van der Waals surface area (Å²) in [7, 11) is 3.07. The highest BCUT2D eigenvalue weighted by Gasteiger charge is 2.52. The molecular weight excluding hydrogens is 416 g/mol. The Hall–Kier alpha value is -3.80. The van der Waals surface area contributed by atoms with Crippen molar-refractivity contribution in [3.05, 3.63) is 89.5 Å². The van der Waals surface area contributed by atoms with E-state index in [2.05, 4.69) is 18.2 Å². The van der Waals surface area contributed by atoms with Crippen LogP contribution < -0.4 is 14.4 Å². The molecule has 170 valence electrons. The fraction of sp³-hybridized carbons (Fsp3) is 0.259. The molecule has 3 aromatic carbocycles. The first kappa shape index (κ1) is 22.4. The summed E-state index contributed by atoms with van der Waals surface area (Å²) in [6, 6.07) is 22.9. The smallest absolute Gasteiger partial charge is 0.332 e. The van der Waals surface area contributed by atoms with E-state index in [9.17, 15) is 9.59 Å². The molecule has 3 amide bonds. The minimum atomic E-state index is -0.996. The van der Waals surface area contributed by atoms with E-state index in [1.54, 1.807) is 44.1 Å². The quantitative estimate of drug-likeness (QED) is 0.479. The molecule has 1 aliphatic rings. The zero-order chi connectivity index (χ0) is 23.6. The number of hydrogen-bond donors (Lipinski definition) is 0. The third-order valence-corrected chi connectivity index (χ3v) is 6.13. The summed E-state index contributed by atoms with van der Waals surface area (Å²) in [6.45, 7) is 3.91. The summed E-state index contributed by atoms with van der Waals surface area (Å²) in [6.07, 6.45) is 0.757. The first-order valence-corrected chi connectivity index (χ1v) is 10.9. The van der Waals surface area contributed by atoms with E-state index in [1.165, 1.54) is 17.6 Å². The van der Waals surface area contributed by atoms with Crippen molar-refractivity contribution in [1.82, 2.24) is 4.90 Å². The topological polar surface area (TPSA) is 59.1 Å². The zero-order valence-electron chi connectivity index (χ0n) is 19.4. The lowest BCUT2D eigenvalue weighted by molar-refractivity contribution is -0.123. The molecule has 0 spiro atoms. The Labute approximate surface area is 194 Å². The average molecular weight is 445 g/mol. The molecule has 1 fully saturated rings. The van der Waals surface area contributed by atoms with Crippen molar-refractivity contribution in [3.8, 4) is 11.5 Å². The first-order chi connectivity index (χ1) is 15.9. The van der Waals surface area contributed by atoms with Crippen LogP contribution in [-0.4, -0.2) is 36.6 Å². The molecule has 3 aromatic rings. The molecule has 0 saturated carbocycles. The van der Waals surface area contributed by atoms with Crippen LogP contribution in [0.4, 0.5) is 10.5 Å². The monoisotopic (exact) mass is 444 g/mol. The van der Waals surface area contributed by atoms with E-state index >= 15 is 0 Å². The van der Waals surface area contributed by atoms with Gasteiger partial charge in [0.05, 0.1) is 19.9 Å². The Morgan fingerprint density at radius 1 is 0.788 bits per heavy atom. The number of nitrogens with zero attached hydrogens (tertiary/aromatic N) is 2. The maximum atomic E-state index is 13.5. The number of rotatable bonds is 7. The van der Waals surface area contributed by atoms with E-state index in [1.807, 2.05) is 36.4 Å². The molecule has 6 nitrogen and oxygen atoms in total. The largest absolute Gasteiger partial charge is 0.493 e. The fourth-order valence-corrected chi connectivity index (χ4v) is 4.16. The van der Waals surface area contributed by atoms with Gasteiger partial charge in [-0.25, -0.2) is 9.69 Å². The maximum Gasteiger partial charge on any atom is 0.332 e. The van der Waals surface area contributed by atoms with Crippen LogP contribution in [0.5, 0.6) is 11.5 Å². The number of ether oxygens (including phenoxy) is 2. The SMILES string of the molecule is COc1ccc(N2C(=O)N(Cc3ccccc3Cc3ccccc3)C(C)(C)C2=O)cc1OC. The maximum absolute atomic E-state index is 13.5. The Balaban J connectivity index is 1.65. The standard InChI is InChI=1S/C27H28N2O4/c1-27(2)25(30)29(22-14-15-23(32-3)24(17-22)33-4)26(31)28(27)18-21-13-9-8-12-20(21)16-19-10-6-5-7-11-19/h5-15,17H,16,18H2,1-4H3. The van der Waals surface area contributed by atoms with Crippen molar-refractivity contribution < 1.29 is 19.1 Å². The molecule has 0 aromatic heterocycles. The van der Waals surface area contributed by atoms with Gasteiger partial charge in [0.2, 0.25) is 0 Å². The van der Waals surface area contributed by atoms with E-state index in [0.717, 1.165) is 17.5 Å². The molecule has 1 saturated heterocycles. The first-order valence-electron chi connectivity index (χ1n) is 10.9. The van der Waals surface area contributed by atoms with E-state index in [0.29, 0.717) is 23.7 Å². The Bertz CT molecular complexity index is 1170. The average Bonchev–Trinajstić information content (AvgIpc) is 2.99. The number of methoxy groups -OCH3 is 2. The van der Waals surface area contributed by atoms with Gasteiger partial charge in [-0.1, -0.05) is 54.6 Å². The summed E-state index contributed by atoms with van der Waals surface area (Å²) in [5, 5.41) is 0. The Morgan fingerprint density at radius 3 is 2.09 bits per heavy atom. The van der Waals surface area contributed by atoms with E-state index in [-0.39, 0.29) is 11.9 Å². The molecule has 0 radical (unpaired) electrons. The lowest BCUT2D eigenvalue weighted by Crippen LogP contribution is -2.43. The van der Waals surface area contributed by atoms with Crippen molar-refractivity contribution in [2.75, 3.05) is 19.1 Å². The fourth-order valence-electron chi connectivity index (χ4n) is 4.16. The van der Waals surface area contributed by atoms with Crippen molar-refractivity contribution in [1.29, 1.82) is 0 Å². The minimum Gasteiger partial charge on any atom is -0.493 e. The Morgan fingerprint density at radius 2 is 1.42 bits per heavy atom. The van der Waals surface area contributed by atoms with Gasteiger partial charge in [0.1, 0.15) is 5.54 Å². The summed E-state index contributed by atoms with van der Waals surface area (Å²) >= 11 is 0. The summed E-state index contributed by atoms with van der Waals surface area (Å²) < 4.78 is 10.7. The molecule has 1 heterocycles. The van der Waals surface area contributed by atoms with E-state index < -0.39 is 5.54 Å². The third-order valence-electron chi connectivity index (χ3n) is 6.13. The van der Waals surface area contributed by atoms with Gasteiger partial charge in [0, 0.05) is 12.6 Å². The number of imide groups is 1. The second-order valence-corrected chi connectivity index (χ2v) is 8.54. The summed E-state index contributed by atoms with van der Waals surface area (Å²) in [5.41, 5.74) is 2.80. The Kier molecular flexibility index (Phi) is 6.09. The normalized spacial score (nSPS) is 15.2. The van der Waals surface area contributed by atoms with Gasteiger partial charge < -0.3 is 14.4 Å². The van der Waals surface area contributed by atoms with Gasteiger partial charge in [0.25, 0.3) is 5.91 Å². The second-order valence-electron chi connectivity index (χ2n) is 8.54. The lowest BCUT2D eigenvalue weighted by Gasteiger charge is -2.28. The van der Waals surface area contributed by atoms with Crippen LogP contribution in [0.3, 0.4) is 0 Å². The molecule has 6 heteroatoms. The van der Waals surface area contributed by atoms with Gasteiger partial charge in [0.15, 0.2) is 11.5 Å². The number of benzene rings is 3. The highest BCUT2D eigenvalue weighted by molar-refractivity contribution is 6.23. The van der Waals surface area contributed by atoms with Crippen LogP contribution in [0, 0.1) is 0 Å². The highest BCUT2D eigenvalue weighted by Crippen LogP contribution is 2.37. The molecule has 0 aliphatic carbocycles. The van der Waals surface area contributed by atoms with Gasteiger partial charge >= 0.3 is 6.03 Å². The van der Waals surface area contributed by atoms with Crippen molar-refractivity contribution >= 4 is 17.6 Å². The predicted octanol–water partition coefficient (Wildman–Crippen LogP) is 5.04. The number of carbonyl (C=O) groups is 2. The molecule has 0 atom stereocenters. The lowest BCUT2D eigenvalue weighted by atomic mass is 9.97. The predicted molar refractivity (Wildman–Crippen MR) is 128 cm³/mol. The number of anilines is 1. The minimum absolute atomic E-state index is 0.278. The van der Waals surface area contributed by atoms with Crippen molar-refractivity contribution in [2.45, 2.75) is 32.4 Å². The second kappa shape index (κ2) is 8.98. The molecule has 0 N–H and O–H groups in total. The van der Waals surface area contributed by atoms with Gasteiger partial charge in [-0.3, -0.25) is 4.79 Å². The number of amides is 3. The van der Waals surface area contributed by atoms with Crippen LogP contribution in [0.1, 0.15) is 30.5 Å². The van der Waals surface area contributed by atoms with Crippen LogP contribution in [0.2, 0.25) is 0 Å². The van der Waals surface area contributed by atoms with Crippen LogP contribution in [0.25, 0.3) is 0 Å². The summed E-state index contributed by atoms with van der Waals surface area (Å²) in [5.74, 6) is 0.714. The van der Waals surface area contributed by atoms with Crippen LogP contribution >= 0.6 is 0 Å². The molecule has 1 aliphatic heterocycles. The van der Waals surface area contributed by atoms with Gasteiger partial charge in [-0.05, 0) is 49.1 Å². The van der Waals surface area contributed by atoms with Crippen molar-refractivity contribution in [2.24, 2.45) is 0 Å². The molecule has 33 heavy (non-hydrogen) atoms. The number of urea groups is 1. The van der Waals surface area contributed by atoms with Crippen LogP contribution in [0.15, 0.2) is 72.8 Å². The third kappa shape index (κ3) is 4.16. The molecular formula is C27H28N2O4. The van der Waals surface area contributed by atoms with Gasteiger partial charge in [-0.15, -0.1) is 0 Å². The van der Waals surface area contributed by atoms with E-state index in [4.69, 9.17) is 9.47 Å². The number of carbonyl (C=O) groups excluding carboxylic acids is 2. The summed E-state index contributed by atoms with van der Waals surface area (Å²) in [4.78, 5) is 29.7. The zero-order valence-corrected chi connectivity index (χ0v) is 19.4. The highest BCUT2D eigenvalue weighted by atomic mass is 16.5. The molecule has 0 unspecified atom stereocenters. The molecule has 0 bridgehead atoms. The van der Waals surface area contributed by atoms with Crippen molar-refractivity contribution in [3.63, 3.8) is 0 Å². The van der Waals surface area contributed by atoms with Crippen LogP contribution in [-0.2, 0) is 17.8 Å².